The fraction of sp³-hybridized carbons (Fsp3) is 0.250. The van der Waals surface area contributed by atoms with E-state index in [0.717, 1.165) is 17.7 Å². The van der Waals surface area contributed by atoms with Crippen LogP contribution in [0.4, 0.5) is 8.78 Å². The van der Waals surface area contributed by atoms with Gasteiger partial charge in [0.15, 0.2) is 0 Å². The number of sulfonamides is 1. The Hall–Kier alpha value is -1.79. The molecule has 0 aliphatic carbocycles. The van der Waals surface area contributed by atoms with E-state index >= 15 is 0 Å². The van der Waals surface area contributed by atoms with Crippen LogP contribution in [-0.2, 0) is 10.0 Å². The molecule has 2 rings (SSSR count). The highest BCUT2D eigenvalue weighted by Crippen LogP contribution is 2.25. The van der Waals surface area contributed by atoms with E-state index in [-0.39, 0.29) is 5.92 Å². The maximum absolute atomic E-state index is 13.7. The summed E-state index contributed by atoms with van der Waals surface area (Å²) >= 11 is 0. The summed E-state index contributed by atoms with van der Waals surface area (Å²) in [5, 5.41) is 0. The van der Waals surface area contributed by atoms with Gasteiger partial charge in [0, 0.05) is 12.1 Å². The lowest BCUT2D eigenvalue weighted by atomic mass is 9.97. The largest absolute Gasteiger partial charge is 0.244 e. The SMILES string of the molecule is CC(C)C(NS(=O)(=O)c1ccc(F)cc1F)c1ccccc1. The second kappa shape index (κ2) is 6.54. The van der Waals surface area contributed by atoms with Crippen LogP contribution < -0.4 is 4.72 Å². The third kappa shape index (κ3) is 3.69. The van der Waals surface area contributed by atoms with Crippen LogP contribution in [-0.4, -0.2) is 8.42 Å². The maximum Gasteiger partial charge on any atom is 0.244 e. The van der Waals surface area contributed by atoms with Crippen LogP contribution in [0.2, 0.25) is 0 Å². The minimum absolute atomic E-state index is 0.0410. The molecule has 118 valence electrons. The lowest BCUT2D eigenvalue weighted by molar-refractivity contribution is 0.460. The van der Waals surface area contributed by atoms with Crippen LogP contribution in [0.15, 0.2) is 53.4 Å². The number of hydrogen-bond acceptors (Lipinski definition) is 2. The summed E-state index contributed by atoms with van der Waals surface area (Å²) in [6.45, 7) is 3.72. The number of benzene rings is 2. The van der Waals surface area contributed by atoms with Crippen molar-refractivity contribution in [2.45, 2.75) is 24.8 Å². The van der Waals surface area contributed by atoms with Gasteiger partial charge in [-0.1, -0.05) is 44.2 Å². The van der Waals surface area contributed by atoms with Crippen LogP contribution in [0.1, 0.15) is 25.5 Å². The van der Waals surface area contributed by atoms with Crippen molar-refractivity contribution in [1.29, 1.82) is 0 Å². The molecule has 1 atom stereocenters. The van der Waals surface area contributed by atoms with Gasteiger partial charge >= 0.3 is 0 Å². The molecule has 2 aromatic carbocycles. The first kappa shape index (κ1) is 16.6. The molecule has 6 heteroatoms. The standard InChI is InChI=1S/C16H17F2NO2S/c1-11(2)16(12-6-4-3-5-7-12)19-22(20,21)15-9-8-13(17)10-14(15)18/h3-11,16,19H,1-2H3. The Bertz CT molecular complexity index is 746. The minimum Gasteiger partial charge on any atom is -0.207 e. The van der Waals surface area contributed by atoms with E-state index in [2.05, 4.69) is 4.72 Å². The fourth-order valence-electron chi connectivity index (χ4n) is 2.17. The van der Waals surface area contributed by atoms with Gasteiger partial charge in [0.1, 0.15) is 16.5 Å². The molecule has 1 N–H and O–H groups in total. The average molecular weight is 325 g/mol. The van der Waals surface area contributed by atoms with E-state index < -0.39 is 32.6 Å². The molecular formula is C16H17F2NO2S. The Morgan fingerprint density at radius 2 is 1.64 bits per heavy atom. The number of rotatable bonds is 5. The Labute approximate surface area is 129 Å². The van der Waals surface area contributed by atoms with Crippen molar-refractivity contribution in [3.05, 3.63) is 65.7 Å². The Kier molecular flexibility index (Phi) is 4.93. The van der Waals surface area contributed by atoms with E-state index in [4.69, 9.17) is 0 Å². The van der Waals surface area contributed by atoms with Crippen LogP contribution >= 0.6 is 0 Å². The van der Waals surface area contributed by atoms with E-state index in [0.29, 0.717) is 6.07 Å². The van der Waals surface area contributed by atoms with Gasteiger partial charge < -0.3 is 0 Å². The average Bonchev–Trinajstić information content (AvgIpc) is 2.45. The molecule has 0 radical (unpaired) electrons. The Balaban J connectivity index is 2.37. The third-order valence-electron chi connectivity index (χ3n) is 3.29. The van der Waals surface area contributed by atoms with Crippen molar-refractivity contribution < 1.29 is 17.2 Å². The van der Waals surface area contributed by atoms with Gasteiger partial charge in [-0.05, 0) is 23.6 Å². The smallest absolute Gasteiger partial charge is 0.207 e. The van der Waals surface area contributed by atoms with Crippen molar-refractivity contribution in [2.24, 2.45) is 5.92 Å². The molecular weight excluding hydrogens is 308 g/mol. The van der Waals surface area contributed by atoms with Gasteiger partial charge in [-0.25, -0.2) is 21.9 Å². The molecule has 0 aliphatic rings. The normalized spacial score (nSPS) is 13.3. The van der Waals surface area contributed by atoms with Gasteiger partial charge in [0.05, 0.1) is 0 Å². The van der Waals surface area contributed by atoms with Crippen molar-refractivity contribution in [3.63, 3.8) is 0 Å². The van der Waals surface area contributed by atoms with E-state index in [9.17, 15) is 17.2 Å². The molecule has 0 fully saturated rings. The van der Waals surface area contributed by atoms with E-state index in [1.54, 1.807) is 24.3 Å². The quantitative estimate of drug-likeness (QED) is 0.912. The van der Waals surface area contributed by atoms with Crippen molar-refractivity contribution in [3.8, 4) is 0 Å². The molecule has 3 nitrogen and oxygen atoms in total. The molecule has 0 heterocycles. The van der Waals surface area contributed by atoms with Crippen LogP contribution in [0.5, 0.6) is 0 Å². The maximum atomic E-state index is 13.7. The minimum atomic E-state index is -4.09. The first-order valence-corrected chi connectivity index (χ1v) is 8.32. The zero-order valence-electron chi connectivity index (χ0n) is 12.3. The van der Waals surface area contributed by atoms with Gasteiger partial charge in [-0.2, -0.15) is 0 Å². The molecule has 0 aromatic heterocycles. The molecule has 1 unspecified atom stereocenters. The highest BCUT2D eigenvalue weighted by molar-refractivity contribution is 7.89. The summed E-state index contributed by atoms with van der Waals surface area (Å²) in [5.74, 6) is -1.97. The summed E-state index contributed by atoms with van der Waals surface area (Å²) in [5.41, 5.74) is 0.781. The number of halogens is 2. The monoisotopic (exact) mass is 325 g/mol. The molecule has 0 amide bonds. The second-order valence-corrected chi connectivity index (χ2v) is 7.01. The molecule has 0 aliphatic heterocycles. The van der Waals surface area contributed by atoms with Gasteiger partial charge in [-0.3, -0.25) is 0 Å². The van der Waals surface area contributed by atoms with Crippen LogP contribution in [0, 0.1) is 17.6 Å². The second-order valence-electron chi connectivity index (χ2n) is 5.33. The van der Waals surface area contributed by atoms with Crippen LogP contribution in [0.25, 0.3) is 0 Å². The summed E-state index contributed by atoms with van der Waals surface area (Å²) in [6, 6.07) is 10.9. The Morgan fingerprint density at radius 3 is 2.18 bits per heavy atom. The first-order chi connectivity index (χ1) is 10.3. The van der Waals surface area contributed by atoms with E-state index in [1.165, 1.54) is 0 Å². The van der Waals surface area contributed by atoms with Crippen LogP contribution in [0.3, 0.4) is 0 Å². The molecule has 0 bridgehead atoms. The molecule has 0 saturated carbocycles. The first-order valence-electron chi connectivity index (χ1n) is 6.83. The topological polar surface area (TPSA) is 46.2 Å². The zero-order valence-corrected chi connectivity index (χ0v) is 13.1. The summed E-state index contributed by atoms with van der Waals surface area (Å²) in [7, 11) is -4.09. The summed E-state index contributed by atoms with van der Waals surface area (Å²) in [6.07, 6.45) is 0. The highest BCUT2D eigenvalue weighted by atomic mass is 32.2. The van der Waals surface area contributed by atoms with Crippen molar-refractivity contribution in [2.75, 3.05) is 0 Å². The molecule has 0 saturated heterocycles. The van der Waals surface area contributed by atoms with Crippen molar-refractivity contribution >= 4 is 10.0 Å². The van der Waals surface area contributed by atoms with Crippen molar-refractivity contribution in [1.82, 2.24) is 4.72 Å². The molecule has 22 heavy (non-hydrogen) atoms. The predicted molar refractivity (Wildman–Crippen MR) is 80.7 cm³/mol. The van der Waals surface area contributed by atoms with Gasteiger partial charge in [-0.15, -0.1) is 0 Å². The summed E-state index contributed by atoms with van der Waals surface area (Å²) in [4.78, 5) is -0.560. The van der Waals surface area contributed by atoms with Gasteiger partial charge in [0.25, 0.3) is 0 Å². The third-order valence-corrected chi connectivity index (χ3v) is 4.77. The lowest BCUT2D eigenvalue weighted by Crippen LogP contribution is -2.32. The molecule has 0 spiro atoms. The Morgan fingerprint density at radius 1 is 1.00 bits per heavy atom. The number of hydrogen-bond donors (Lipinski definition) is 1. The lowest BCUT2D eigenvalue weighted by Gasteiger charge is -2.23. The summed E-state index contributed by atoms with van der Waals surface area (Å²) < 4.78 is 53.9. The fourth-order valence-corrected chi connectivity index (χ4v) is 3.61. The number of nitrogens with one attached hydrogen (secondary N) is 1. The molecule has 2 aromatic rings. The zero-order chi connectivity index (χ0) is 16.3. The van der Waals surface area contributed by atoms with Gasteiger partial charge in [0.2, 0.25) is 10.0 Å². The predicted octanol–water partition coefficient (Wildman–Crippen LogP) is 3.64. The highest BCUT2D eigenvalue weighted by Gasteiger charge is 2.26. The van der Waals surface area contributed by atoms with E-state index in [1.807, 2.05) is 19.9 Å².